The molecule has 1 aliphatic rings. The van der Waals surface area contributed by atoms with Crippen LogP contribution in [0.25, 0.3) is 0 Å². The number of carbonyl (C=O) groups excluding carboxylic acids is 2. The minimum absolute atomic E-state index is 0.00951. The summed E-state index contributed by atoms with van der Waals surface area (Å²) in [5.74, 6) is -0.123. The molecule has 0 unspecified atom stereocenters. The average molecular weight is 277 g/mol. The summed E-state index contributed by atoms with van der Waals surface area (Å²) in [4.78, 5) is 29.2. The number of likely N-dealkylation sites (N-methyl/N-ethyl adjacent to an activating group) is 1. The van der Waals surface area contributed by atoms with E-state index in [2.05, 4.69) is 15.2 Å². The Kier molecular flexibility index (Phi) is 3.73. The van der Waals surface area contributed by atoms with Gasteiger partial charge in [0.05, 0.1) is 5.54 Å². The molecule has 5 heteroatoms. The summed E-state index contributed by atoms with van der Waals surface area (Å²) >= 11 is 0. The molecule has 20 heavy (non-hydrogen) atoms. The van der Waals surface area contributed by atoms with Gasteiger partial charge in [-0.2, -0.15) is 0 Å². The fourth-order valence-corrected chi connectivity index (χ4v) is 2.89. The van der Waals surface area contributed by atoms with Gasteiger partial charge < -0.3 is 15.2 Å². The molecule has 1 saturated carbocycles. The zero-order valence-electron chi connectivity index (χ0n) is 12.9. The van der Waals surface area contributed by atoms with Crippen molar-refractivity contribution in [1.29, 1.82) is 0 Å². The Labute approximate surface area is 119 Å². The lowest BCUT2D eigenvalue weighted by molar-refractivity contribution is 0.0918. The van der Waals surface area contributed by atoms with E-state index in [1.165, 1.54) is 6.92 Å². The number of hydrogen-bond donors (Lipinski definition) is 2. The maximum atomic E-state index is 12.4. The molecule has 1 aromatic heterocycles. The summed E-state index contributed by atoms with van der Waals surface area (Å²) in [7, 11) is 4.01. The molecule has 1 aliphatic carbocycles. The van der Waals surface area contributed by atoms with E-state index in [0.29, 0.717) is 11.3 Å². The number of aromatic nitrogens is 1. The normalized spacial score (nSPS) is 16.3. The van der Waals surface area contributed by atoms with Gasteiger partial charge in [0.25, 0.3) is 5.91 Å². The van der Waals surface area contributed by atoms with E-state index in [1.54, 1.807) is 0 Å². The van der Waals surface area contributed by atoms with E-state index in [4.69, 9.17) is 0 Å². The van der Waals surface area contributed by atoms with Crippen molar-refractivity contribution in [2.75, 3.05) is 20.6 Å². The van der Waals surface area contributed by atoms with Crippen molar-refractivity contribution in [3.05, 3.63) is 22.5 Å². The minimum Gasteiger partial charge on any atom is -0.354 e. The second kappa shape index (κ2) is 5.05. The third kappa shape index (κ3) is 2.77. The van der Waals surface area contributed by atoms with Crippen LogP contribution >= 0.6 is 0 Å². The Bertz CT molecular complexity index is 554. The summed E-state index contributed by atoms with van der Waals surface area (Å²) < 4.78 is 0. The molecule has 110 valence electrons. The topological polar surface area (TPSA) is 65.2 Å². The number of H-pyrrole nitrogens is 1. The third-order valence-corrected chi connectivity index (χ3v) is 3.87. The predicted octanol–water partition coefficient (Wildman–Crippen LogP) is 1.66. The Morgan fingerprint density at radius 3 is 2.30 bits per heavy atom. The van der Waals surface area contributed by atoms with Gasteiger partial charge in [0.15, 0.2) is 5.78 Å². The largest absolute Gasteiger partial charge is 0.354 e. The molecular formula is C15H23N3O2. The van der Waals surface area contributed by atoms with E-state index < -0.39 is 0 Å². The molecule has 0 radical (unpaired) electrons. The van der Waals surface area contributed by atoms with Gasteiger partial charge in [-0.25, -0.2) is 0 Å². The zero-order chi connectivity index (χ0) is 15.1. The fourth-order valence-electron chi connectivity index (χ4n) is 2.89. The molecule has 0 atom stereocenters. The first-order valence-electron chi connectivity index (χ1n) is 6.93. The van der Waals surface area contributed by atoms with Crippen LogP contribution < -0.4 is 5.32 Å². The number of Topliss-reactive ketones (excluding diaryl/α,β-unsaturated/α-hetero) is 1. The number of nitrogens with zero attached hydrogens (tertiary/aromatic N) is 1. The van der Waals surface area contributed by atoms with E-state index in [9.17, 15) is 9.59 Å². The molecule has 2 N–H and O–H groups in total. The van der Waals surface area contributed by atoms with Gasteiger partial charge in [0, 0.05) is 17.8 Å². The van der Waals surface area contributed by atoms with Crippen LogP contribution in [0.3, 0.4) is 0 Å². The highest BCUT2D eigenvalue weighted by atomic mass is 16.2. The van der Waals surface area contributed by atoms with Crippen molar-refractivity contribution in [2.45, 2.75) is 39.2 Å². The number of aromatic amines is 1. The summed E-state index contributed by atoms with van der Waals surface area (Å²) in [6.07, 6.45) is 2.02. The number of aryl methyl sites for hydroxylation is 1. The molecule has 5 nitrogen and oxygen atoms in total. The van der Waals surface area contributed by atoms with Gasteiger partial charge in [-0.05, 0) is 53.3 Å². The highest BCUT2D eigenvalue weighted by Crippen LogP contribution is 2.36. The quantitative estimate of drug-likeness (QED) is 0.804. The van der Waals surface area contributed by atoms with Crippen LogP contribution in [0.1, 0.15) is 51.9 Å². The molecule has 1 fully saturated rings. The predicted molar refractivity (Wildman–Crippen MR) is 78.3 cm³/mol. The first kappa shape index (κ1) is 14.8. The third-order valence-electron chi connectivity index (χ3n) is 3.87. The van der Waals surface area contributed by atoms with Gasteiger partial charge in [-0.15, -0.1) is 0 Å². The van der Waals surface area contributed by atoms with Crippen LogP contribution in [0, 0.1) is 13.8 Å². The molecule has 0 saturated heterocycles. The summed E-state index contributed by atoms with van der Waals surface area (Å²) in [6, 6.07) is 0. The number of amides is 1. The number of rotatable bonds is 5. The fraction of sp³-hybridized carbons (Fsp3) is 0.600. The molecular weight excluding hydrogens is 254 g/mol. The zero-order valence-corrected chi connectivity index (χ0v) is 12.9. The molecule has 1 aromatic rings. The Morgan fingerprint density at radius 2 is 1.90 bits per heavy atom. The lowest BCUT2D eigenvalue weighted by Crippen LogP contribution is -2.44. The molecule has 0 bridgehead atoms. The van der Waals surface area contributed by atoms with Gasteiger partial charge in [-0.1, -0.05) is 0 Å². The van der Waals surface area contributed by atoms with E-state index in [1.807, 2.05) is 27.9 Å². The first-order valence-corrected chi connectivity index (χ1v) is 6.93. The van der Waals surface area contributed by atoms with Crippen LogP contribution in [0.15, 0.2) is 0 Å². The van der Waals surface area contributed by atoms with Crippen LogP contribution in [0.2, 0.25) is 0 Å². The van der Waals surface area contributed by atoms with Gasteiger partial charge in [0.1, 0.15) is 5.69 Å². The van der Waals surface area contributed by atoms with Crippen molar-refractivity contribution in [3.63, 3.8) is 0 Å². The van der Waals surface area contributed by atoms with Crippen molar-refractivity contribution in [1.82, 2.24) is 15.2 Å². The lowest BCUT2D eigenvalue weighted by atomic mass is 10.1. The summed E-state index contributed by atoms with van der Waals surface area (Å²) in [5, 5.41) is 3.11. The lowest BCUT2D eigenvalue weighted by Gasteiger charge is -2.21. The Hall–Kier alpha value is -1.62. The van der Waals surface area contributed by atoms with Gasteiger partial charge >= 0.3 is 0 Å². The van der Waals surface area contributed by atoms with E-state index in [-0.39, 0.29) is 17.2 Å². The SMILES string of the molecule is CC(=O)c1c(C)[nH]c(C(=O)NC2(CN(C)C)CC2)c1C. The molecule has 1 amide bonds. The second-order valence-corrected chi connectivity index (χ2v) is 6.15. The smallest absolute Gasteiger partial charge is 0.268 e. The molecule has 1 heterocycles. The second-order valence-electron chi connectivity index (χ2n) is 6.15. The minimum atomic E-state index is -0.113. The number of hydrogen-bond acceptors (Lipinski definition) is 3. The molecule has 0 aliphatic heterocycles. The van der Waals surface area contributed by atoms with Crippen molar-refractivity contribution < 1.29 is 9.59 Å². The monoisotopic (exact) mass is 277 g/mol. The van der Waals surface area contributed by atoms with Crippen LogP contribution in [0.5, 0.6) is 0 Å². The van der Waals surface area contributed by atoms with Crippen molar-refractivity contribution in [3.8, 4) is 0 Å². The van der Waals surface area contributed by atoms with Crippen molar-refractivity contribution in [2.24, 2.45) is 0 Å². The van der Waals surface area contributed by atoms with Crippen molar-refractivity contribution >= 4 is 11.7 Å². The number of nitrogens with one attached hydrogen (secondary N) is 2. The highest BCUT2D eigenvalue weighted by molar-refractivity contribution is 6.02. The van der Waals surface area contributed by atoms with Crippen LogP contribution in [-0.4, -0.2) is 47.8 Å². The van der Waals surface area contributed by atoms with Gasteiger partial charge in [0.2, 0.25) is 0 Å². The molecule has 2 rings (SSSR count). The summed E-state index contributed by atoms with van der Waals surface area (Å²) in [5.41, 5.74) is 2.55. The number of carbonyl (C=O) groups is 2. The molecule has 0 spiro atoms. The van der Waals surface area contributed by atoms with Crippen LogP contribution in [-0.2, 0) is 0 Å². The van der Waals surface area contributed by atoms with E-state index >= 15 is 0 Å². The maximum Gasteiger partial charge on any atom is 0.268 e. The van der Waals surface area contributed by atoms with Gasteiger partial charge in [-0.3, -0.25) is 9.59 Å². The molecule has 0 aromatic carbocycles. The maximum absolute atomic E-state index is 12.4. The van der Waals surface area contributed by atoms with Crippen LogP contribution in [0.4, 0.5) is 0 Å². The summed E-state index contributed by atoms with van der Waals surface area (Å²) in [6.45, 7) is 6.02. The first-order chi connectivity index (χ1) is 9.26. The number of ketones is 1. The Morgan fingerprint density at radius 1 is 1.30 bits per heavy atom. The highest BCUT2D eigenvalue weighted by Gasteiger charge is 2.44. The van der Waals surface area contributed by atoms with E-state index in [0.717, 1.165) is 30.6 Å². The average Bonchev–Trinajstić information content (AvgIpc) is 2.95. The Balaban J connectivity index is 2.19. The standard InChI is InChI=1S/C15H23N3O2/c1-9-12(11(3)19)10(2)16-13(9)14(20)17-15(6-7-15)8-18(4)5/h16H,6-8H2,1-5H3,(H,17,20).